The SMILES string of the molecule is Cc1noc([C@@H](C)N2CCN(Cc3nc4ccccc4s3)CC2)n1. The summed E-state index contributed by atoms with van der Waals surface area (Å²) in [6, 6.07) is 8.52. The Morgan fingerprint density at radius 2 is 1.96 bits per heavy atom. The molecule has 126 valence electrons. The second-order valence-electron chi connectivity index (χ2n) is 6.24. The molecular formula is C17H21N5OS. The number of fused-ring (bicyclic) bond motifs is 1. The number of nitrogens with zero attached hydrogens (tertiary/aromatic N) is 5. The maximum absolute atomic E-state index is 5.31. The van der Waals surface area contributed by atoms with Gasteiger partial charge in [0.2, 0.25) is 5.89 Å². The quantitative estimate of drug-likeness (QED) is 0.726. The fraction of sp³-hybridized carbons (Fsp3) is 0.471. The van der Waals surface area contributed by atoms with Crippen LogP contribution in [0.25, 0.3) is 10.2 Å². The van der Waals surface area contributed by atoms with Gasteiger partial charge >= 0.3 is 0 Å². The summed E-state index contributed by atoms with van der Waals surface area (Å²) in [5.74, 6) is 1.42. The fourth-order valence-electron chi connectivity index (χ4n) is 3.13. The minimum Gasteiger partial charge on any atom is -0.338 e. The Morgan fingerprint density at radius 3 is 2.67 bits per heavy atom. The Balaban J connectivity index is 1.35. The van der Waals surface area contributed by atoms with Gasteiger partial charge in [-0.25, -0.2) is 4.98 Å². The van der Waals surface area contributed by atoms with Gasteiger partial charge in [-0.3, -0.25) is 9.80 Å². The van der Waals surface area contributed by atoms with Crippen molar-refractivity contribution in [2.75, 3.05) is 26.2 Å². The molecule has 1 saturated heterocycles. The summed E-state index contributed by atoms with van der Waals surface area (Å²) in [5.41, 5.74) is 1.11. The topological polar surface area (TPSA) is 58.3 Å². The first-order valence-corrected chi connectivity index (χ1v) is 9.12. The van der Waals surface area contributed by atoms with Gasteiger partial charge in [0.15, 0.2) is 5.82 Å². The van der Waals surface area contributed by atoms with Gasteiger partial charge in [-0.1, -0.05) is 17.3 Å². The molecule has 24 heavy (non-hydrogen) atoms. The maximum Gasteiger partial charge on any atom is 0.243 e. The van der Waals surface area contributed by atoms with Gasteiger partial charge in [0, 0.05) is 26.2 Å². The second kappa shape index (κ2) is 6.58. The molecule has 1 fully saturated rings. The smallest absolute Gasteiger partial charge is 0.243 e. The zero-order valence-corrected chi connectivity index (χ0v) is 14.8. The fourth-order valence-corrected chi connectivity index (χ4v) is 4.14. The molecule has 1 atom stereocenters. The maximum atomic E-state index is 5.31. The van der Waals surface area contributed by atoms with Crippen molar-refractivity contribution >= 4 is 21.6 Å². The molecule has 0 N–H and O–H groups in total. The summed E-state index contributed by atoms with van der Waals surface area (Å²) in [6.07, 6.45) is 0. The van der Waals surface area contributed by atoms with Crippen LogP contribution in [0.5, 0.6) is 0 Å². The monoisotopic (exact) mass is 343 g/mol. The van der Waals surface area contributed by atoms with Crippen LogP contribution >= 0.6 is 11.3 Å². The second-order valence-corrected chi connectivity index (χ2v) is 7.36. The van der Waals surface area contributed by atoms with Crippen LogP contribution in [0, 0.1) is 6.92 Å². The summed E-state index contributed by atoms with van der Waals surface area (Å²) in [5, 5.41) is 5.09. The van der Waals surface area contributed by atoms with E-state index in [-0.39, 0.29) is 6.04 Å². The van der Waals surface area contributed by atoms with Gasteiger partial charge < -0.3 is 4.52 Å². The van der Waals surface area contributed by atoms with Crippen LogP contribution in [0.1, 0.15) is 29.7 Å². The highest BCUT2D eigenvalue weighted by molar-refractivity contribution is 7.18. The number of rotatable bonds is 4. The molecule has 1 aliphatic rings. The number of benzene rings is 1. The predicted octanol–water partition coefficient (Wildman–Crippen LogP) is 2.87. The molecule has 0 unspecified atom stereocenters. The highest BCUT2D eigenvalue weighted by Gasteiger charge is 2.25. The molecule has 0 amide bonds. The molecule has 0 bridgehead atoms. The molecule has 0 aliphatic carbocycles. The number of hydrogen-bond acceptors (Lipinski definition) is 7. The van der Waals surface area contributed by atoms with Crippen LogP contribution in [0.15, 0.2) is 28.8 Å². The van der Waals surface area contributed by atoms with Gasteiger partial charge in [-0.15, -0.1) is 11.3 Å². The largest absolute Gasteiger partial charge is 0.338 e. The Morgan fingerprint density at radius 1 is 1.17 bits per heavy atom. The first-order valence-electron chi connectivity index (χ1n) is 8.30. The normalized spacial score (nSPS) is 18.2. The summed E-state index contributed by atoms with van der Waals surface area (Å²) in [6.45, 7) is 9.01. The highest BCUT2D eigenvalue weighted by Crippen LogP contribution is 2.24. The van der Waals surface area contributed by atoms with Crippen LogP contribution < -0.4 is 0 Å². The lowest BCUT2D eigenvalue weighted by Crippen LogP contribution is -2.46. The third-order valence-electron chi connectivity index (χ3n) is 4.55. The van der Waals surface area contributed by atoms with Crippen LogP contribution in [-0.2, 0) is 6.54 Å². The Bertz CT molecular complexity index is 788. The molecule has 3 aromatic rings. The van der Waals surface area contributed by atoms with Crippen molar-refractivity contribution < 1.29 is 4.52 Å². The third-order valence-corrected chi connectivity index (χ3v) is 5.57. The van der Waals surface area contributed by atoms with Crippen LogP contribution in [-0.4, -0.2) is 51.1 Å². The number of aromatic nitrogens is 3. The van der Waals surface area contributed by atoms with Crippen molar-refractivity contribution in [1.82, 2.24) is 24.9 Å². The molecule has 4 rings (SSSR count). The van der Waals surface area contributed by atoms with Gasteiger partial charge in [0.25, 0.3) is 0 Å². The van der Waals surface area contributed by atoms with E-state index in [4.69, 9.17) is 9.51 Å². The van der Waals surface area contributed by atoms with E-state index in [1.54, 1.807) is 11.3 Å². The summed E-state index contributed by atoms with van der Waals surface area (Å²) >= 11 is 1.80. The van der Waals surface area contributed by atoms with Crippen molar-refractivity contribution in [3.63, 3.8) is 0 Å². The van der Waals surface area contributed by atoms with E-state index in [9.17, 15) is 0 Å². The minimum atomic E-state index is 0.177. The predicted molar refractivity (Wildman–Crippen MR) is 93.9 cm³/mol. The van der Waals surface area contributed by atoms with E-state index in [0.717, 1.165) is 38.2 Å². The zero-order valence-electron chi connectivity index (χ0n) is 14.0. The minimum absolute atomic E-state index is 0.177. The summed E-state index contributed by atoms with van der Waals surface area (Å²) in [7, 11) is 0. The van der Waals surface area contributed by atoms with E-state index < -0.39 is 0 Å². The average molecular weight is 343 g/mol. The lowest BCUT2D eigenvalue weighted by atomic mass is 10.2. The molecule has 1 aliphatic heterocycles. The summed E-state index contributed by atoms with van der Waals surface area (Å²) in [4.78, 5) is 14.0. The molecule has 6 nitrogen and oxygen atoms in total. The summed E-state index contributed by atoms with van der Waals surface area (Å²) < 4.78 is 6.58. The number of aryl methyl sites for hydroxylation is 1. The number of piperazine rings is 1. The molecule has 3 heterocycles. The lowest BCUT2D eigenvalue weighted by Gasteiger charge is -2.36. The average Bonchev–Trinajstić information content (AvgIpc) is 3.20. The molecule has 1 aromatic carbocycles. The van der Waals surface area contributed by atoms with Crippen molar-refractivity contribution in [1.29, 1.82) is 0 Å². The third kappa shape index (κ3) is 3.19. The standard InChI is InChI=1S/C17H21N5OS/c1-12(17-18-13(2)20-23-17)22-9-7-21(8-10-22)11-16-19-14-5-3-4-6-15(14)24-16/h3-6,12H,7-11H2,1-2H3/t12-/m1/s1. The molecule has 0 spiro atoms. The molecular weight excluding hydrogens is 322 g/mol. The molecule has 2 aromatic heterocycles. The Labute approximate surface area is 145 Å². The van der Waals surface area contributed by atoms with Crippen molar-refractivity contribution in [2.45, 2.75) is 26.4 Å². The number of thiazole rings is 1. The Hall–Kier alpha value is -1.83. The lowest BCUT2D eigenvalue weighted by molar-refractivity contribution is 0.0845. The molecule has 7 heteroatoms. The van der Waals surface area contributed by atoms with E-state index in [1.165, 1.54) is 9.71 Å². The van der Waals surface area contributed by atoms with Crippen LogP contribution in [0.2, 0.25) is 0 Å². The van der Waals surface area contributed by atoms with Crippen LogP contribution in [0.4, 0.5) is 0 Å². The van der Waals surface area contributed by atoms with E-state index in [2.05, 4.69) is 45.1 Å². The first kappa shape index (κ1) is 15.7. The van der Waals surface area contributed by atoms with Crippen molar-refractivity contribution in [3.05, 3.63) is 41.0 Å². The van der Waals surface area contributed by atoms with Gasteiger partial charge in [-0.05, 0) is 26.0 Å². The first-order chi connectivity index (χ1) is 11.7. The zero-order chi connectivity index (χ0) is 16.5. The van der Waals surface area contributed by atoms with Crippen molar-refractivity contribution in [3.8, 4) is 0 Å². The molecule has 0 saturated carbocycles. The highest BCUT2D eigenvalue weighted by atomic mass is 32.1. The van der Waals surface area contributed by atoms with Gasteiger partial charge in [-0.2, -0.15) is 4.98 Å². The van der Waals surface area contributed by atoms with E-state index >= 15 is 0 Å². The van der Waals surface area contributed by atoms with Crippen molar-refractivity contribution in [2.24, 2.45) is 0 Å². The van der Waals surface area contributed by atoms with Gasteiger partial charge in [0.1, 0.15) is 5.01 Å². The number of hydrogen-bond donors (Lipinski definition) is 0. The van der Waals surface area contributed by atoms with E-state index in [0.29, 0.717) is 11.7 Å². The van der Waals surface area contributed by atoms with Crippen LogP contribution in [0.3, 0.4) is 0 Å². The van der Waals surface area contributed by atoms with Gasteiger partial charge in [0.05, 0.1) is 22.8 Å². The van der Waals surface area contributed by atoms with E-state index in [1.807, 2.05) is 13.0 Å². The molecule has 0 radical (unpaired) electrons. The number of para-hydroxylation sites is 1. The Kier molecular flexibility index (Phi) is 4.30.